The first kappa shape index (κ1) is 19.5. The number of phenolic OH excluding ortho intramolecular Hbond substituents is 1. The molecule has 0 radical (unpaired) electrons. The van der Waals surface area contributed by atoms with Gasteiger partial charge in [0.15, 0.2) is 0 Å². The number of hydrogen-bond donors (Lipinski definition) is 2. The fourth-order valence-corrected chi connectivity index (χ4v) is 3.19. The van der Waals surface area contributed by atoms with Crippen LogP contribution in [-0.2, 0) is 6.54 Å². The van der Waals surface area contributed by atoms with Crippen LogP contribution in [0.1, 0.15) is 63.9 Å². The molecule has 0 fully saturated rings. The van der Waals surface area contributed by atoms with Crippen molar-refractivity contribution in [3.05, 3.63) is 54.1 Å². The van der Waals surface area contributed by atoms with Crippen molar-refractivity contribution in [3.63, 3.8) is 0 Å². The molecular formula is C23H33NO. The van der Waals surface area contributed by atoms with E-state index >= 15 is 0 Å². The van der Waals surface area contributed by atoms with Gasteiger partial charge in [0.2, 0.25) is 0 Å². The van der Waals surface area contributed by atoms with Crippen molar-refractivity contribution in [1.82, 2.24) is 5.32 Å². The van der Waals surface area contributed by atoms with Crippen LogP contribution < -0.4 is 5.32 Å². The molecule has 0 aliphatic carbocycles. The zero-order valence-electron chi connectivity index (χ0n) is 15.6. The van der Waals surface area contributed by atoms with Crippen LogP contribution in [0.3, 0.4) is 0 Å². The summed E-state index contributed by atoms with van der Waals surface area (Å²) in [6.45, 7) is 4.01. The molecule has 0 atom stereocenters. The number of unbranched alkanes of at least 4 members (excludes halogenated alkanes) is 7. The molecule has 0 aliphatic rings. The average Bonchev–Trinajstić information content (AvgIpc) is 2.65. The Morgan fingerprint density at radius 3 is 2.16 bits per heavy atom. The summed E-state index contributed by atoms with van der Waals surface area (Å²) in [7, 11) is 0. The Morgan fingerprint density at radius 2 is 1.44 bits per heavy atom. The topological polar surface area (TPSA) is 32.3 Å². The van der Waals surface area contributed by atoms with E-state index in [-0.39, 0.29) is 0 Å². The quantitative estimate of drug-likeness (QED) is 0.445. The van der Waals surface area contributed by atoms with Gasteiger partial charge in [0.25, 0.3) is 0 Å². The summed E-state index contributed by atoms with van der Waals surface area (Å²) in [4.78, 5) is 0. The SMILES string of the molecule is CCCCCCCCCCNCc1cccc(-c2ccccc2)c1O. The van der Waals surface area contributed by atoms with Crippen LogP contribution in [0.25, 0.3) is 11.1 Å². The van der Waals surface area contributed by atoms with E-state index in [0.29, 0.717) is 5.75 Å². The van der Waals surface area contributed by atoms with Crippen molar-refractivity contribution < 1.29 is 5.11 Å². The first-order valence-corrected chi connectivity index (χ1v) is 9.90. The lowest BCUT2D eigenvalue weighted by molar-refractivity contribution is 0.465. The van der Waals surface area contributed by atoms with E-state index in [0.717, 1.165) is 29.8 Å². The van der Waals surface area contributed by atoms with E-state index in [1.165, 1.54) is 51.4 Å². The second-order valence-electron chi connectivity index (χ2n) is 6.83. The van der Waals surface area contributed by atoms with Gasteiger partial charge in [0.1, 0.15) is 5.75 Å². The summed E-state index contributed by atoms with van der Waals surface area (Å²) in [5, 5.41) is 14.0. The monoisotopic (exact) mass is 339 g/mol. The summed E-state index contributed by atoms with van der Waals surface area (Å²) >= 11 is 0. The molecule has 2 nitrogen and oxygen atoms in total. The molecule has 2 rings (SSSR count). The largest absolute Gasteiger partial charge is 0.507 e. The Bertz CT molecular complexity index is 594. The van der Waals surface area contributed by atoms with E-state index in [9.17, 15) is 5.11 Å². The van der Waals surface area contributed by atoms with E-state index in [4.69, 9.17) is 0 Å². The Hall–Kier alpha value is -1.80. The average molecular weight is 340 g/mol. The summed E-state index contributed by atoms with van der Waals surface area (Å²) in [6.07, 6.45) is 10.7. The van der Waals surface area contributed by atoms with Gasteiger partial charge in [0, 0.05) is 17.7 Å². The molecule has 2 N–H and O–H groups in total. The van der Waals surface area contributed by atoms with Gasteiger partial charge in [-0.25, -0.2) is 0 Å². The van der Waals surface area contributed by atoms with Gasteiger partial charge in [-0.05, 0) is 18.5 Å². The predicted molar refractivity (Wildman–Crippen MR) is 108 cm³/mol. The molecule has 0 heterocycles. The molecule has 2 heteroatoms. The molecule has 0 unspecified atom stereocenters. The number of phenols is 1. The summed E-state index contributed by atoms with van der Waals surface area (Å²) < 4.78 is 0. The highest BCUT2D eigenvalue weighted by molar-refractivity contribution is 5.71. The van der Waals surface area contributed by atoms with Crippen molar-refractivity contribution in [2.45, 2.75) is 64.8 Å². The van der Waals surface area contributed by atoms with E-state index in [2.05, 4.69) is 12.2 Å². The molecule has 2 aromatic carbocycles. The number of para-hydroxylation sites is 1. The van der Waals surface area contributed by atoms with Crippen LogP contribution in [-0.4, -0.2) is 11.7 Å². The number of nitrogens with one attached hydrogen (secondary N) is 1. The van der Waals surface area contributed by atoms with E-state index in [1.54, 1.807) is 0 Å². The molecule has 0 spiro atoms. The van der Waals surface area contributed by atoms with Crippen LogP contribution in [0, 0.1) is 0 Å². The maximum absolute atomic E-state index is 10.5. The molecule has 0 saturated carbocycles. The smallest absolute Gasteiger partial charge is 0.127 e. The van der Waals surface area contributed by atoms with E-state index in [1.807, 2.05) is 48.5 Å². The molecular weight excluding hydrogens is 306 g/mol. The Labute approximate surface area is 153 Å². The zero-order valence-corrected chi connectivity index (χ0v) is 15.6. The van der Waals surface area contributed by atoms with Crippen molar-refractivity contribution in [2.24, 2.45) is 0 Å². The second kappa shape index (κ2) is 11.7. The molecule has 0 aliphatic heterocycles. The third-order valence-corrected chi connectivity index (χ3v) is 4.73. The summed E-state index contributed by atoms with van der Waals surface area (Å²) in [6, 6.07) is 16.1. The van der Waals surface area contributed by atoms with Gasteiger partial charge in [-0.3, -0.25) is 0 Å². The molecule has 0 aromatic heterocycles. The predicted octanol–water partition coefficient (Wildman–Crippen LogP) is 6.29. The highest BCUT2D eigenvalue weighted by atomic mass is 16.3. The number of benzene rings is 2. The normalized spacial score (nSPS) is 10.9. The van der Waals surface area contributed by atoms with Gasteiger partial charge >= 0.3 is 0 Å². The highest BCUT2D eigenvalue weighted by Gasteiger charge is 2.08. The van der Waals surface area contributed by atoms with Gasteiger partial charge in [0.05, 0.1) is 0 Å². The summed E-state index contributed by atoms with van der Waals surface area (Å²) in [5.41, 5.74) is 2.94. The van der Waals surface area contributed by atoms with E-state index < -0.39 is 0 Å². The molecule has 0 saturated heterocycles. The van der Waals surface area contributed by atoms with Crippen molar-refractivity contribution >= 4 is 0 Å². The maximum Gasteiger partial charge on any atom is 0.127 e. The molecule has 136 valence electrons. The number of hydrogen-bond acceptors (Lipinski definition) is 2. The fourth-order valence-electron chi connectivity index (χ4n) is 3.19. The maximum atomic E-state index is 10.5. The Morgan fingerprint density at radius 1 is 0.760 bits per heavy atom. The minimum Gasteiger partial charge on any atom is -0.507 e. The van der Waals surface area contributed by atoms with Crippen LogP contribution in [0.4, 0.5) is 0 Å². The van der Waals surface area contributed by atoms with Gasteiger partial charge in [-0.1, -0.05) is 100 Å². The zero-order chi connectivity index (χ0) is 17.7. The van der Waals surface area contributed by atoms with Crippen LogP contribution in [0.5, 0.6) is 5.75 Å². The van der Waals surface area contributed by atoms with Gasteiger partial charge < -0.3 is 10.4 Å². The summed E-state index contributed by atoms with van der Waals surface area (Å²) in [5.74, 6) is 0.400. The molecule has 0 amide bonds. The van der Waals surface area contributed by atoms with Crippen LogP contribution in [0.2, 0.25) is 0 Å². The number of rotatable bonds is 12. The lowest BCUT2D eigenvalue weighted by Gasteiger charge is -2.11. The van der Waals surface area contributed by atoms with Gasteiger partial charge in [-0.15, -0.1) is 0 Å². The minimum atomic E-state index is 0.400. The lowest BCUT2D eigenvalue weighted by atomic mass is 10.0. The third kappa shape index (κ3) is 6.91. The minimum absolute atomic E-state index is 0.400. The fraction of sp³-hybridized carbons (Fsp3) is 0.478. The van der Waals surface area contributed by atoms with Gasteiger partial charge in [-0.2, -0.15) is 0 Å². The standard InChI is InChI=1S/C23H33NO/c1-2-3-4-5-6-7-8-12-18-24-19-21-16-13-17-22(23(21)25)20-14-10-9-11-15-20/h9-11,13-17,24-25H,2-8,12,18-19H2,1H3. The van der Waals surface area contributed by atoms with Crippen LogP contribution in [0.15, 0.2) is 48.5 Å². The molecule has 0 bridgehead atoms. The first-order valence-electron chi connectivity index (χ1n) is 9.90. The lowest BCUT2D eigenvalue weighted by Crippen LogP contribution is -2.14. The molecule has 2 aromatic rings. The Balaban J connectivity index is 1.68. The van der Waals surface area contributed by atoms with Crippen molar-refractivity contribution in [2.75, 3.05) is 6.54 Å². The van der Waals surface area contributed by atoms with Crippen molar-refractivity contribution in [3.8, 4) is 16.9 Å². The Kier molecular flexibility index (Phi) is 9.14. The number of aromatic hydroxyl groups is 1. The van der Waals surface area contributed by atoms with Crippen molar-refractivity contribution in [1.29, 1.82) is 0 Å². The highest BCUT2D eigenvalue weighted by Crippen LogP contribution is 2.31. The van der Waals surface area contributed by atoms with Crippen LogP contribution >= 0.6 is 0 Å². The molecule has 25 heavy (non-hydrogen) atoms. The second-order valence-corrected chi connectivity index (χ2v) is 6.83. The third-order valence-electron chi connectivity index (χ3n) is 4.73. The first-order chi connectivity index (χ1) is 12.3.